The fourth-order valence-corrected chi connectivity index (χ4v) is 4.12. The first kappa shape index (κ1) is 23.7. The lowest BCUT2D eigenvalue weighted by Crippen LogP contribution is -2.28. The van der Waals surface area contributed by atoms with Gasteiger partial charge in [0.1, 0.15) is 22.5 Å². The maximum Gasteiger partial charge on any atom is 0.284 e. The zero-order chi connectivity index (χ0) is 24.8. The van der Waals surface area contributed by atoms with Crippen LogP contribution < -0.4 is 15.4 Å². The minimum Gasteiger partial charge on any atom is -0.497 e. The quantitative estimate of drug-likeness (QED) is 0.275. The van der Waals surface area contributed by atoms with Gasteiger partial charge in [-0.2, -0.15) is 5.10 Å². The summed E-state index contributed by atoms with van der Waals surface area (Å²) in [5.74, 6) is 0.323. The van der Waals surface area contributed by atoms with Crippen molar-refractivity contribution in [2.24, 2.45) is 10.2 Å². The second kappa shape index (κ2) is 10.7. The summed E-state index contributed by atoms with van der Waals surface area (Å²) in [6.07, 6.45) is 1.30. The van der Waals surface area contributed by atoms with E-state index in [0.717, 1.165) is 11.8 Å². The lowest BCUT2D eigenvalue weighted by Gasteiger charge is -2.06. The van der Waals surface area contributed by atoms with Crippen LogP contribution in [0.2, 0.25) is 0 Å². The molecule has 1 aliphatic rings. The first-order valence-electron chi connectivity index (χ1n) is 10.3. The van der Waals surface area contributed by atoms with Crippen LogP contribution in [0.5, 0.6) is 5.75 Å². The molecule has 1 unspecified atom stereocenters. The fraction of sp³-hybridized carbons (Fsp3) is 0.130. The van der Waals surface area contributed by atoms with Gasteiger partial charge in [-0.3, -0.25) is 19.7 Å². The van der Waals surface area contributed by atoms with E-state index >= 15 is 0 Å². The molecule has 2 N–H and O–H groups in total. The summed E-state index contributed by atoms with van der Waals surface area (Å²) in [5, 5.41) is 24.2. The number of para-hydroxylation sites is 1. The Labute approximate surface area is 203 Å². The number of nitro benzene ring substituents is 1. The number of ether oxygens (including phenoxy) is 1. The molecule has 2 heterocycles. The highest BCUT2D eigenvalue weighted by Gasteiger charge is 2.32. The van der Waals surface area contributed by atoms with Crippen LogP contribution in [0.15, 0.2) is 75.3 Å². The average Bonchev–Trinajstić information content (AvgIpc) is 3.45. The number of nitrogens with one attached hydrogen (secondary N) is 2. The Balaban J connectivity index is 1.38. The summed E-state index contributed by atoms with van der Waals surface area (Å²) >= 11 is 1.10. The van der Waals surface area contributed by atoms with Crippen molar-refractivity contribution in [3.63, 3.8) is 0 Å². The smallest absolute Gasteiger partial charge is 0.284 e. The average molecular weight is 494 g/mol. The molecule has 1 saturated heterocycles. The van der Waals surface area contributed by atoms with Crippen molar-refractivity contribution in [2.75, 3.05) is 12.4 Å². The van der Waals surface area contributed by atoms with Gasteiger partial charge in [0, 0.05) is 12.1 Å². The molecule has 12 heteroatoms. The SMILES string of the molecule is COc1ccc(-c2ccc(C=N/N=C3/NC(=O)C(CC(=O)Nc4ccccc4)S3)o2)c([N+](=O)[O-])c1. The van der Waals surface area contributed by atoms with E-state index in [2.05, 4.69) is 20.8 Å². The maximum atomic E-state index is 12.2. The van der Waals surface area contributed by atoms with Crippen LogP contribution in [0.1, 0.15) is 12.2 Å². The molecule has 1 atom stereocenters. The minimum absolute atomic E-state index is 0.0175. The molecule has 4 rings (SSSR count). The van der Waals surface area contributed by atoms with Crippen LogP contribution in [0, 0.1) is 10.1 Å². The molecule has 1 aliphatic heterocycles. The molecule has 0 spiro atoms. The number of hydrogen-bond donors (Lipinski definition) is 2. The zero-order valence-electron chi connectivity index (χ0n) is 18.3. The Morgan fingerprint density at radius 3 is 2.80 bits per heavy atom. The third kappa shape index (κ3) is 5.92. The Hall–Kier alpha value is -4.45. The number of nitrogens with zero attached hydrogens (tertiary/aromatic N) is 3. The molecule has 0 aliphatic carbocycles. The Morgan fingerprint density at radius 2 is 2.06 bits per heavy atom. The highest BCUT2D eigenvalue weighted by Crippen LogP contribution is 2.34. The van der Waals surface area contributed by atoms with Gasteiger partial charge in [-0.05, 0) is 36.4 Å². The molecule has 0 bridgehead atoms. The monoisotopic (exact) mass is 493 g/mol. The topological polar surface area (TPSA) is 148 Å². The maximum absolute atomic E-state index is 12.2. The molecule has 178 valence electrons. The summed E-state index contributed by atoms with van der Waals surface area (Å²) in [5.41, 5.74) is 0.782. The van der Waals surface area contributed by atoms with E-state index in [9.17, 15) is 19.7 Å². The third-order valence-corrected chi connectivity index (χ3v) is 5.90. The van der Waals surface area contributed by atoms with Gasteiger partial charge in [0.25, 0.3) is 5.69 Å². The third-order valence-electron chi connectivity index (χ3n) is 4.83. The van der Waals surface area contributed by atoms with Crippen molar-refractivity contribution < 1.29 is 23.7 Å². The number of furan rings is 1. The van der Waals surface area contributed by atoms with E-state index in [1.54, 1.807) is 42.5 Å². The van der Waals surface area contributed by atoms with Crippen LogP contribution in [-0.2, 0) is 9.59 Å². The molecule has 2 aromatic carbocycles. The number of anilines is 1. The summed E-state index contributed by atoms with van der Waals surface area (Å²) < 4.78 is 10.7. The molecular formula is C23H19N5O6S. The zero-order valence-corrected chi connectivity index (χ0v) is 19.2. The van der Waals surface area contributed by atoms with Crippen LogP contribution in [0.4, 0.5) is 11.4 Å². The lowest BCUT2D eigenvalue weighted by atomic mass is 10.1. The number of hydrogen-bond acceptors (Lipinski definition) is 9. The van der Waals surface area contributed by atoms with E-state index in [4.69, 9.17) is 9.15 Å². The molecule has 11 nitrogen and oxygen atoms in total. The number of carbonyl (C=O) groups is 2. The van der Waals surface area contributed by atoms with E-state index in [1.165, 1.54) is 25.5 Å². The number of amidine groups is 1. The minimum atomic E-state index is -0.626. The number of nitro groups is 1. The highest BCUT2D eigenvalue weighted by molar-refractivity contribution is 8.15. The van der Waals surface area contributed by atoms with Gasteiger partial charge in [-0.25, -0.2) is 0 Å². The van der Waals surface area contributed by atoms with Gasteiger partial charge in [-0.15, -0.1) is 5.10 Å². The number of thioether (sulfide) groups is 1. The first-order chi connectivity index (χ1) is 16.9. The van der Waals surface area contributed by atoms with Gasteiger partial charge in [0.15, 0.2) is 5.17 Å². The number of amides is 2. The summed E-state index contributed by atoms with van der Waals surface area (Å²) in [4.78, 5) is 35.3. The van der Waals surface area contributed by atoms with Crippen molar-refractivity contribution in [1.82, 2.24) is 5.32 Å². The van der Waals surface area contributed by atoms with Crippen LogP contribution in [-0.4, -0.2) is 40.5 Å². The van der Waals surface area contributed by atoms with E-state index in [-0.39, 0.29) is 40.4 Å². The molecule has 35 heavy (non-hydrogen) atoms. The largest absolute Gasteiger partial charge is 0.497 e. The van der Waals surface area contributed by atoms with Crippen LogP contribution in [0.3, 0.4) is 0 Å². The second-order valence-electron chi connectivity index (χ2n) is 7.21. The molecule has 3 aromatic rings. The molecule has 1 aromatic heterocycles. The number of methoxy groups -OCH3 is 1. The molecule has 2 amide bonds. The Kier molecular flexibility index (Phi) is 7.21. The predicted octanol–water partition coefficient (Wildman–Crippen LogP) is 3.81. The highest BCUT2D eigenvalue weighted by atomic mass is 32.2. The van der Waals surface area contributed by atoms with Crippen molar-refractivity contribution in [2.45, 2.75) is 11.7 Å². The standard InChI is InChI=1S/C23H19N5O6S/c1-33-15-7-9-17(18(11-15)28(31)32)19-10-8-16(34-19)13-24-27-23-26-22(30)20(35-23)12-21(29)25-14-5-3-2-4-6-14/h2-11,13,20H,12H2,1H3,(H,25,29)(H,26,27,30). The van der Waals surface area contributed by atoms with E-state index in [0.29, 0.717) is 17.2 Å². The lowest BCUT2D eigenvalue weighted by molar-refractivity contribution is -0.384. The van der Waals surface area contributed by atoms with Gasteiger partial charge >= 0.3 is 0 Å². The number of benzene rings is 2. The van der Waals surface area contributed by atoms with Crippen molar-refractivity contribution in [3.8, 4) is 17.1 Å². The summed E-state index contributed by atoms with van der Waals surface area (Å²) in [6.45, 7) is 0. The summed E-state index contributed by atoms with van der Waals surface area (Å²) in [7, 11) is 1.43. The summed E-state index contributed by atoms with van der Waals surface area (Å²) in [6, 6.07) is 16.6. The van der Waals surface area contributed by atoms with Crippen LogP contribution in [0.25, 0.3) is 11.3 Å². The Morgan fingerprint density at radius 1 is 1.26 bits per heavy atom. The van der Waals surface area contributed by atoms with Crippen molar-refractivity contribution in [3.05, 3.63) is 76.5 Å². The second-order valence-corrected chi connectivity index (χ2v) is 8.40. The van der Waals surface area contributed by atoms with E-state index < -0.39 is 10.2 Å². The van der Waals surface area contributed by atoms with Crippen molar-refractivity contribution in [1.29, 1.82) is 0 Å². The molecule has 0 saturated carbocycles. The molecule has 0 radical (unpaired) electrons. The molecular weight excluding hydrogens is 474 g/mol. The Bertz CT molecular complexity index is 1320. The van der Waals surface area contributed by atoms with E-state index in [1.807, 2.05) is 6.07 Å². The normalized spacial score (nSPS) is 16.4. The fourth-order valence-electron chi connectivity index (χ4n) is 3.19. The predicted molar refractivity (Wildman–Crippen MR) is 132 cm³/mol. The number of rotatable bonds is 8. The van der Waals surface area contributed by atoms with Gasteiger partial charge < -0.3 is 19.8 Å². The van der Waals surface area contributed by atoms with Gasteiger partial charge in [0.05, 0.1) is 29.9 Å². The van der Waals surface area contributed by atoms with Gasteiger partial charge in [0.2, 0.25) is 11.8 Å². The first-order valence-corrected chi connectivity index (χ1v) is 11.2. The molecule has 1 fully saturated rings. The number of carbonyl (C=O) groups excluding carboxylic acids is 2. The van der Waals surface area contributed by atoms with Crippen molar-refractivity contribution >= 4 is 46.3 Å². The van der Waals surface area contributed by atoms with Gasteiger partial charge in [-0.1, -0.05) is 30.0 Å². The van der Waals surface area contributed by atoms with Crippen LogP contribution >= 0.6 is 11.8 Å².